The highest BCUT2D eigenvalue weighted by Gasteiger charge is 2.11. The Hall–Kier alpha value is -1.31. The molecule has 19 heavy (non-hydrogen) atoms. The summed E-state index contributed by atoms with van der Waals surface area (Å²) < 4.78 is 0. The Kier molecular flexibility index (Phi) is 7.24. The number of amides is 1. The highest BCUT2D eigenvalue weighted by molar-refractivity contribution is 7.10. The second kappa shape index (κ2) is 8.73. The van der Waals surface area contributed by atoms with Crippen LogP contribution in [0, 0.1) is 11.8 Å². The Balaban J connectivity index is 2.46. The van der Waals surface area contributed by atoms with E-state index in [1.54, 1.807) is 0 Å². The third kappa shape index (κ3) is 5.91. The van der Waals surface area contributed by atoms with Gasteiger partial charge in [-0.1, -0.05) is 38.0 Å². The van der Waals surface area contributed by atoms with Crippen LogP contribution in [0.4, 0.5) is 0 Å². The third-order valence-electron chi connectivity index (χ3n) is 2.79. The summed E-state index contributed by atoms with van der Waals surface area (Å²) in [6, 6.07) is 2.04. The maximum atomic E-state index is 12.0. The van der Waals surface area contributed by atoms with E-state index in [1.807, 2.05) is 11.4 Å². The molecule has 0 saturated heterocycles. The van der Waals surface area contributed by atoms with Crippen molar-refractivity contribution in [1.29, 1.82) is 0 Å². The molecule has 1 amide bonds. The zero-order valence-electron chi connectivity index (χ0n) is 11.7. The van der Waals surface area contributed by atoms with Crippen LogP contribution in [0.15, 0.2) is 11.4 Å². The minimum atomic E-state index is -0.0129. The number of carbonyl (C=O) groups is 1. The molecule has 0 spiro atoms. The first kappa shape index (κ1) is 15.7. The molecule has 0 aliphatic carbocycles. The van der Waals surface area contributed by atoms with Crippen molar-refractivity contribution in [2.24, 2.45) is 5.73 Å². The molecule has 0 saturated carbocycles. The highest BCUT2D eigenvalue weighted by atomic mass is 32.1. The van der Waals surface area contributed by atoms with Crippen molar-refractivity contribution in [3.05, 3.63) is 21.9 Å². The van der Waals surface area contributed by atoms with Crippen LogP contribution in [0.5, 0.6) is 0 Å². The van der Waals surface area contributed by atoms with Gasteiger partial charge in [-0.3, -0.25) is 4.79 Å². The summed E-state index contributed by atoms with van der Waals surface area (Å²) in [7, 11) is 0. The molecule has 0 aromatic carbocycles. The third-order valence-corrected chi connectivity index (χ3v) is 3.64. The van der Waals surface area contributed by atoms with Gasteiger partial charge >= 0.3 is 0 Å². The van der Waals surface area contributed by atoms with E-state index in [9.17, 15) is 4.79 Å². The van der Waals surface area contributed by atoms with Crippen molar-refractivity contribution in [1.82, 2.24) is 5.32 Å². The zero-order chi connectivity index (χ0) is 14.1. The summed E-state index contributed by atoms with van der Waals surface area (Å²) in [5, 5.41) is 4.86. The largest absolute Gasteiger partial charge is 0.350 e. The lowest BCUT2D eigenvalue weighted by Crippen LogP contribution is -2.32. The van der Waals surface area contributed by atoms with Crippen LogP contribution in [-0.2, 0) is 0 Å². The minimum absolute atomic E-state index is 0.0129. The number of unbranched alkanes of at least 4 members (excludes halogenated alkanes) is 2. The van der Waals surface area contributed by atoms with Crippen LogP contribution in [0.3, 0.4) is 0 Å². The second-order valence-electron chi connectivity index (χ2n) is 4.58. The van der Waals surface area contributed by atoms with E-state index in [0.717, 1.165) is 17.7 Å². The fraction of sp³-hybridized carbons (Fsp3) is 0.533. The van der Waals surface area contributed by atoms with E-state index in [1.165, 1.54) is 24.2 Å². The fourth-order valence-corrected chi connectivity index (χ4v) is 2.49. The van der Waals surface area contributed by atoms with Crippen molar-refractivity contribution in [2.75, 3.05) is 6.54 Å². The molecule has 0 fully saturated rings. The smallest absolute Gasteiger partial charge is 0.252 e. The molecule has 104 valence electrons. The van der Waals surface area contributed by atoms with Crippen molar-refractivity contribution in [3.63, 3.8) is 0 Å². The van der Waals surface area contributed by atoms with Crippen LogP contribution in [0.2, 0.25) is 0 Å². The maximum Gasteiger partial charge on any atom is 0.252 e. The lowest BCUT2D eigenvalue weighted by atomic mass is 10.1. The molecular weight excluding hydrogens is 256 g/mol. The monoisotopic (exact) mass is 278 g/mol. The Morgan fingerprint density at radius 1 is 1.53 bits per heavy atom. The molecule has 1 rings (SSSR count). The first-order valence-corrected chi connectivity index (χ1v) is 7.63. The normalized spacial score (nSPS) is 11.5. The van der Waals surface area contributed by atoms with Crippen molar-refractivity contribution < 1.29 is 4.79 Å². The lowest BCUT2D eigenvalue weighted by Gasteiger charge is -2.12. The van der Waals surface area contributed by atoms with Crippen LogP contribution in [0.25, 0.3) is 0 Å². The molecular formula is C15H22N2OS. The summed E-state index contributed by atoms with van der Waals surface area (Å²) in [5.41, 5.74) is 6.01. The van der Waals surface area contributed by atoms with Gasteiger partial charge < -0.3 is 11.1 Å². The topological polar surface area (TPSA) is 55.1 Å². The van der Waals surface area contributed by atoms with Crippen LogP contribution in [-0.4, -0.2) is 18.5 Å². The highest BCUT2D eigenvalue weighted by Crippen LogP contribution is 2.14. The summed E-state index contributed by atoms with van der Waals surface area (Å²) in [5.74, 6) is 5.71. The van der Waals surface area contributed by atoms with Gasteiger partial charge in [0.05, 0.1) is 17.0 Å². The molecule has 4 heteroatoms. The van der Waals surface area contributed by atoms with E-state index in [-0.39, 0.29) is 11.9 Å². The van der Waals surface area contributed by atoms with Gasteiger partial charge in [0.1, 0.15) is 0 Å². The van der Waals surface area contributed by atoms with Crippen molar-refractivity contribution in [2.45, 2.75) is 45.6 Å². The Morgan fingerprint density at radius 3 is 3.00 bits per heavy atom. The van der Waals surface area contributed by atoms with Gasteiger partial charge in [0.15, 0.2) is 0 Å². The minimum Gasteiger partial charge on any atom is -0.350 e. The number of thiophene rings is 1. The first-order valence-electron chi connectivity index (χ1n) is 6.75. The van der Waals surface area contributed by atoms with E-state index >= 15 is 0 Å². The van der Waals surface area contributed by atoms with Crippen LogP contribution >= 0.6 is 11.3 Å². The standard InChI is InChI=1S/C15H22N2OS/c1-3-4-5-7-12(2)17-15(18)13-10-14(19-11-13)8-6-9-16/h10-12H,3-5,7,9,16H2,1-2H3,(H,17,18). The van der Waals surface area contributed by atoms with Gasteiger partial charge in [-0.25, -0.2) is 0 Å². The molecule has 0 radical (unpaired) electrons. The predicted octanol–water partition coefficient (Wildman–Crippen LogP) is 2.76. The van der Waals surface area contributed by atoms with Gasteiger partial charge in [-0.2, -0.15) is 0 Å². The summed E-state index contributed by atoms with van der Waals surface area (Å²) in [4.78, 5) is 12.9. The van der Waals surface area contributed by atoms with E-state index < -0.39 is 0 Å². The number of rotatable bonds is 6. The molecule has 0 aliphatic rings. The average molecular weight is 278 g/mol. The molecule has 0 aliphatic heterocycles. The van der Waals surface area contributed by atoms with Gasteiger partial charge in [0, 0.05) is 11.4 Å². The number of carbonyl (C=O) groups excluding carboxylic acids is 1. The molecule has 1 aromatic rings. The van der Waals surface area contributed by atoms with E-state index in [2.05, 4.69) is 31.0 Å². The quantitative estimate of drug-likeness (QED) is 0.621. The molecule has 1 atom stereocenters. The summed E-state index contributed by atoms with van der Waals surface area (Å²) in [6.07, 6.45) is 4.62. The number of nitrogens with two attached hydrogens (primary N) is 1. The maximum absolute atomic E-state index is 12.0. The average Bonchev–Trinajstić information content (AvgIpc) is 2.85. The molecule has 1 heterocycles. The van der Waals surface area contributed by atoms with Gasteiger partial charge in [0.2, 0.25) is 0 Å². The SMILES string of the molecule is CCCCCC(C)NC(=O)c1csc(C#CCN)c1. The molecule has 3 nitrogen and oxygen atoms in total. The molecule has 3 N–H and O–H groups in total. The van der Waals surface area contributed by atoms with E-state index in [0.29, 0.717) is 12.1 Å². The summed E-state index contributed by atoms with van der Waals surface area (Å²) in [6.45, 7) is 4.57. The van der Waals surface area contributed by atoms with Crippen LogP contribution < -0.4 is 11.1 Å². The number of nitrogens with one attached hydrogen (secondary N) is 1. The van der Waals surface area contributed by atoms with Gasteiger partial charge in [-0.15, -0.1) is 11.3 Å². The fourth-order valence-electron chi connectivity index (χ4n) is 1.74. The van der Waals surface area contributed by atoms with Gasteiger partial charge in [0.25, 0.3) is 5.91 Å². The Labute approximate surface area is 119 Å². The second-order valence-corrected chi connectivity index (χ2v) is 5.49. The lowest BCUT2D eigenvalue weighted by molar-refractivity contribution is 0.0938. The Morgan fingerprint density at radius 2 is 2.32 bits per heavy atom. The molecule has 1 unspecified atom stereocenters. The van der Waals surface area contributed by atoms with Crippen molar-refractivity contribution >= 4 is 17.2 Å². The molecule has 0 bridgehead atoms. The predicted molar refractivity (Wildman–Crippen MR) is 81.3 cm³/mol. The summed E-state index contributed by atoms with van der Waals surface area (Å²) >= 11 is 1.48. The first-order chi connectivity index (χ1) is 9.17. The van der Waals surface area contributed by atoms with E-state index in [4.69, 9.17) is 5.73 Å². The van der Waals surface area contributed by atoms with Gasteiger partial charge in [-0.05, 0) is 19.4 Å². The van der Waals surface area contributed by atoms with Crippen LogP contribution in [0.1, 0.15) is 54.8 Å². The number of hydrogen-bond acceptors (Lipinski definition) is 3. The van der Waals surface area contributed by atoms with Crippen molar-refractivity contribution in [3.8, 4) is 11.8 Å². The zero-order valence-corrected chi connectivity index (χ0v) is 12.5. The molecule has 1 aromatic heterocycles. The Bertz CT molecular complexity index is 456. The number of hydrogen-bond donors (Lipinski definition) is 2.